The quantitative estimate of drug-likeness (QED) is 0.700. The van der Waals surface area contributed by atoms with Gasteiger partial charge in [0.05, 0.1) is 14.9 Å². The van der Waals surface area contributed by atoms with E-state index < -0.39 is 11.9 Å². The maximum absolute atomic E-state index is 11.1. The van der Waals surface area contributed by atoms with E-state index in [1.54, 1.807) is 44.2 Å². The summed E-state index contributed by atoms with van der Waals surface area (Å²) in [6.07, 6.45) is 0. The molecule has 0 saturated heterocycles. The summed E-state index contributed by atoms with van der Waals surface area (Å²) in [5.74, 6) is -0.169. The molecule has 2 rings (SSSR count). The van der Waals surface area contributed by atoms with Crippen molar-refractivity contribution in [3.8, 4) is 17.2 Å². The van der Waals surface area contributed by atoms with Gasteiger partial charge in [0.25, 0.3) is 0 Å². The Labute approximate surface area is 145 Å². The van der Waals surface area contributed by atoms with Crippen molar-refractivity contribution < 1.29 is 19.7 Å². The number of aryl methyl sites for hydroxylation is 1. The van der Waals surface area contributed by atoms with Gasteiger partial charge in [-0.2, -0.15) is 0 Å². The Bertz CT molecular complexity index is 705. The molecule has 0 saturated carbocycles. The molecule has 0 heterocycles. The predicted octanol–water partition coefficient (Wildman–Crippen LogP) is 5.21. The maximum Gasteiger partial charge on any atom is 0.310 e. The number of aromatic hydroxyl groups is 1. The first-order chi connectivity index (χ1) is 10.3. The molecule has 0 aliphatic carbocycles. The third-order valence-corrected chi connectivity index (χ3v) is 4.46. The Hall–Kier alpha value is -1.53. The first-order valence-corrected chi connectivity index (χ1v) is 8.07. The van der Waals surface area contributed by atoms with E-state index in [1.165, 1.54) is 0 Å². The highest BCUT2D eigenvalue weighted by Crippen LogP contribution is 2.40. The van der Waals surface area contributed by atoms with E-state index in [9.17, 15) is 9.90 Å². The topological polar surface area (TPSA) is 66.8 Å². The van der Waals surface area contributed by atoms with Crippen molar-refractivity contribution in [2.75, 3.05) is 0 Å². The monoisotopic (exact) mass is 428 g/mol. The van der Waals surface area contributed by atoms with Crippen molar-refractivity contribution in [3.63, 3.8) is 0 Å². The Kier molecular flexibility index (Phi) is 5.13. The van der Waals surface area contributed by atoms with E-state index in [2.05, 4.69) is 31.9 Å². The van der Waals surface area contributed by atoms with E-state index in [1.807, 2.05) is 0 Å². The molecule has 0 aliphatic heterocycles. The number of rotatable bonds is 4. The molecular formula is C16H14Br2O4. The van der Waals surface area contributed by atoms with Crippen molar-refractivity contribution in [1.29, 1.82) is 0 Å². The number of aliphatic carboxylic acids is 1. The molecule has 6 heteroatoms. The standard InChI is InChI=1S/C16H14Br2O4/c1-8-5-11(3-4-14(8)19)22-15-12(17)6-10(7-13(15)18)9(2)16(20)21/h3-7,9,19H,1-2H3,(H,20,21). The molecule has 0 aromatic heterocycles. The largest absolute Gasteiger partial charge is 0.508 e. The third-order valence-electron chi connectivity index (χ3n) is 3.28. The minimum Gasteiger partial charge on any atom is -0.508 e. The van der Waals surface area contributed by atoms with E-state index in [-0.39, 0.29) is 5.75 Å². The van der Waals surface area contributed by atoms with Gasteiger partial charge in [0.1, 0.15) is 11.5 Å². The fourth-order valence-electron chi connectivity index (χ4n) is 1.88. The number of hydrogen-bond donors (Lipinski definition) is 2. The molecule has 0 aliphatic rings. The zero-order chi connectivity index (χ0) is 16.4. The summed E-state index contributed by atoms with van der Waals surface area (Å²) in [6.45, 7) is 3.41. The summed E-state index contributed by atoms with van der Waals surface area (Å²) < 4.78 is 7.12. The minimum absolute atomic E-state index is 0.205. The Morgan fingerprint density at radius 2 is 1.77 bits per heavy atom. The number of phenolic OH excluding ortho intramolecular Hbond substituents is 1. The van der Waals surface area contributed by atoms with Gasteiger partial charge in [-0.25, -0.2) is 0 Å². The summed E-state index contributed by atoms with van der Waals surface area (Å²) in [6, 6.07) is 8.41. The first kappa shape index (κ1) is 16.8. The molecule has 0 radical (unpaired) electrons. The van der Waals surface area contributed by atoms with Gasteiger partial charge in [-0.15, -0.1) is 0 Å². The van der Waals surface area contributed by atoms with Crippen LogP contribution in [0.2, 0.25) is 0 Å². The van der Waals surface area contributed by atoms with Gasteiger partial charge in [0.15, 0.2) is 5.75 Å². The maximum atomic E-state index is 11.1. The Morgan fingerprint density at radius 1 is 1.18 bits per heavy atom. The van der Waals surface area contributed by atoms with Crippen LogP contribution in [0.1, 0.15) is 24.0 Å². The van der Waals surface area contributed by atoms with E-state index >= 15 is 0 Å². The van der Waals surface area contributed by atoms with Crippen LogP contribution >= 0.6 is 31.9 Å². The molecule has 2 aromatic rings. The van der Waals surface area contributed by atoms with Crippen molar-refractivity contribution in [2.24, 2.45) is 0 Å². The van der Waals surface area contributed by atoms with Crippen LogP contribution in [0.15, 0.2) is 39.3 Å². The molecule has 1 unspecified atom stereocenters. The lowest BCUT2D eigenvalue weighted by atomic mass is 10.0. The highest BCUT2D eigenvalue weighted by Gasteiger charge is 2.18. The molecule has 2 aromatic carbocycles. The molecule has 0 amide bonds. The van der Waals surface area contributed by atoms with E-state index in [0.29, 0.717) is 31.6 Å². The van der Waals surface area contributed by atoms with E-state index in [4.69, 9.17) is 9.84 Å². The van der Waals surface area contributed by atoms with Gasteiger partial charge >= 0.3 is 5.97 Å². The second-order valence-corrected chi connectivity index (χ2v) is 6.63. The lowest BCUT2D eigenvalue weighted by Crippen LogP contribution is -2.07. The molecule has 0 spiro atoms. The fraction of sp³-hybridized carbons (Fsp3) is 0.188. The minimum atomic E-state index is -0.887. The average Bonchev–Trinajstić information content (AvgIpc) is 2.45. The first-order valence-electron chi connectivity index (χ1n) is 6.48. The normalized spacial score (nSPS) is 12.0. The number of halogens is 2. The van der Waals surface area contributed by atoms with E-state index in [0.717, 1.165) is 0 Å². The van der Waals surface area contributed by atoms with Gasteiger partial charge in [-0.1, -0.05) is 0 Å². The molecule has 116 valence electrons. The second kappa shape index (κ2) is 6.71. The van der Waals surface area contributed by atoms with Crippen LogP contribution in [0, 0.1) is 6.92 Å². The number of carbonyl (C=O) groups is 1. The zero-order valence-corrected chi connectivity index (χ0v) is 15.1. The Balaban J connectivity index is 2.36. The van der Waals surface area contributed by atoms with Crippen LogP contribution < -0.4 is 4.74 Å². The van der Waals surface area contributed by atoms with Crippen LogP contribution in [0.25, 0.3) is 0 Å². The van der Waals surface area contributed by atoms with Gasteiger partial charge in [-0.05, 0) is 87.2 Å². The fourth-order valence-corrected chi connectivity index (χ4v) is 3.26. The highest BCUT2D eigenvalue weighted by atomic mass is 79.9. The lowest BCUT2D eigenvalue weighted by molar-refractivity contribution is -0.138. The Morgan fingerprint density at radius 3 is 2.27 bits per heavy atom. The number of ether oxygens (including phenoxy) is 1. The molecule has 0 fully saturated rings. The van der Waals surface area contributed by atoms with Crippen LogP contribution in [0.5, 0.6) is 17.2 Å². The number of phenols is 1. The van der Waals surface area contributed by atoms with Crippen molar-refractivity contribution in [1.82, 2.24) is 0 Å². The van der Waals surface area contributed by atoms with Crippen LogP contribution in [0.4, 0.5) is 0 Å². The third kappa shape index (κ3) is 3.62. The van der Waals surface area contributed by atoms with Gasteiger partial charge in [-0.3, -0.25) is 4.79 Å². The number of hydrogen-bond acceptors (Lipinski definition) is 3. The summed E-state index contributed by atoms with van der Waals surface area (Å²) in [7, 11) is 0. The predicted molar refractivity (Wildman–Crippen MR) is 90.8 cm³/mol. The number of benzene rings is 2. The summed E-state index contributed by atoms with van der Waals surface area (Å²) >= 11 is 6.82. The molecule has 2 N–H and O–H groups in total. The van der Waals surface area contributed by atoms with Crippen molar-refractivity contribution in [2.45, 2.75) is 19.8 Å². The summed E-state index contributed by atoms with van der Waals surface area (Å²) in [5.41, 5.74) is 1.38. The van der Waals surface area contributed by atoms with Crippen molar-refractivity contribution in [3.05, 3.63) is 50.4 Å². The SMILES string of the molecule is Cc1cc(Oc2c(Br)cc(C(C)C(=O)O)cc2Br)ccc1O. The van der Waals surface area contributed by atoms with Crippen LogP contribution in [-0.4, -0.2) is 16.2 Å². The van der Waals surface area contributed by atoms with Gasteiger partial charge in [0.2, 0.25) is 0 Å². The van der Waals surface area contributed by atoms with Crippen LogP contribution in [-0.2, 0) is 4.79 Å². The number of carboxylic acid groups (broad SMARTS) is 1. The summed E-state index contributed by atoms with van der Waals surface area (Å²) in [5, 5.41) is 18.6. The lowest BCUT2D eigenvalue weighted by Gasteiger charge is -2.14. The highest BCUT2D eigenvalue weighted by molar-refractivity contribution is 9.11. The molecule has 0 bridgehead atoms. The second-order valence-electron chi connectivity index (χ2n) is 4.92. The average molecular weight is 430 g/mol. The van der Waals surface area contributed by atoms with Gasteiger partial charge < -0.3 is 14.9 Å². The summed E-state index contributed by atoms with van der Waals surface area (Å²) in [4.78, 5) is 11.1. The smallest absolute Gasteiger partial charge is 0.310 e. The van der Waals surface area contributed by atoms with Gasteiger partial charge in [0, 0.05) is 0 Å². The molecular weight excluding hydrogens is 416 g/mol. The number of carboxylic acids is 1. The molecule has 1 atom stereocenters. The molecule has 22 heavy (non-hydrogen) atoms. The molecule has 4 nitrogen and oxygen atoms in total. The van der Waals surface area contributed by atoms with Crippen LogP contribution in [0.3, 0.4) is 0 Å². The zero-order valence-electron chi connectivity index (χ0n) is 11.9. The van der Waals surface area contributed by atoms with Crippen molar-refractivity contribution >= 4 is 37.8 Å².